The van der Waals surface area contributed by atoms with E-state index in [0.29, 0.717) is 16.2 Å². The topological polar surface area (TPSA) is 107 Å². The molecule has 0 radical (unpaired) electrons. The van der Waals surface area contributed by atoms with E-state index >= 15 is 0 Å². The van der Waals surface area contributed by atoms with Crippen molar-refractivity contribution in [2.75, 3.05) is 5.73 Å². The fourth-order valence-corrected chi connectivity index (χ4v) is 5.09. The third kappa shape index (κ3) is 4.46. The van der Waals surface area contributed by atoms with Crippen molar-refractivity contribution >= 4 is 46.1 Å². The maximum Gasteiger partial charge on any atom is 0.260 e. The van der Waals surface area contributed by atoms with Gasteiger partial charge in [0.15, 0.2) is 11.6 Å². The number of amides is 1. The summed E-state index contributed by atoms with van der Waals surface area (Å²) < 4.78 is 3.35. The highest BCUT2D eigenvalue weighted by Crippen LogP contribution is 2.32. The van der Waals surface area contributed by atoms with Gasteiger partial charge in [-0.25, -0.2) is 9.67 Å². The van der Waals surface area contributed by atoms with Crippen LogP contribution in [-0.2, 0) is 7.05 Å². The average molecular weight is 483 g/mol. The van der Waals surface area contributed by atoms with Gasteiger partial charge in [-0.2, -0.15) is 5.10 Å². The SMILES string of the molecule is CC/C=N\c1c(C(=O)N[C@@H](C)c2cc3cccc(Cl)c3c(=O)n2C2CCCCC2)c(N)nn1C. The molecular formula is C25H31ClN6O2. The van der Waals surface area contributed by atoms with Crippen molar-refractivity contribution in [2.45, 2.75) is 64.5 Å². The molecule has 1 atom stereocenters. The molecule has 0 saturated heterocycles. The van der Waals surface area contributed by atoms with Gasteiger partial charge >= 0.3 is 0 Å². The maximum atomic E-state index is 13.7. The van der Waals surface area contributed by atoms with Gasteiger partial charge in [0.25, 0.3) is 11.5 Å². The van der Waals surface area contributed by atoms with Crippen LogP contribution in [0.3, 0.4) is 0 Å². The Balaban J connectivity index is 1.77. The number of carbonyl (C=O) groups is 1. The molecule has 1 aliphatic carbocycles. The number of nitrogens with one attached hydrogen (secondary N) is 1. The summed E-state index contributed by atoms with van der Waals surface area (Å²) in [4.78, 5) is 31.3. The van der Waals surface area contributed by atoms with Crippen molar-refractivity contribution < 1.29 is 4.79 Å². The molecule has 0 unspecified atom stereocenters. The highest BCUT2D eigenvalue weighted by molar-refractivity contribution is 6.35. The Kier molecular flexibility index (Phi) is 7.07. The Bertz CT molecular complexity index is 1300. The molecule has 0 spiro atoms. The van der Waals surface area contributed by atoms with Crippen LogP contribution in [0, 0.1) is 0 Å². The lowest BCUT2D eigenvalue weighted by molar-refractivity contribution is 0.0939. The molecule has 3 aromatic rings. The molecule has 1 aromatic carbocycles. The summed E-state index contributed by atoms with van der Waals surface area (Å²) in [6.45, 7) is 3.84. The number of aryl methyl sites for hydroxylation is 1. The normalized spacial score (nSPS) is 15.8. The monoisotopic (exact) mass is 482 g/mol. The summed E-state index contributed by atoms with van der Waals surface area (Å²) >= 11 is 6.43. The highest BCUT2D eigenvalue weighted by atomic mass is 35.5. The smallest absolute Gasteiger partial charge is 0.260 e. The number of carbonyl (C=O) groups excluding carboxylic acids is 1. The summed E-state index contributed by atoms with van der Waals surface area (Å²) in [6.07, 6.45) is 7.60. The molecule has 34 heavy (non-hydrogen) atoms. The molecule has 8 nitrogen and oxygen atoms in total. The summed E-state index contributed by atoms with van der Waals surface area (Å²) in [7, 11) is 1.70. The van der Waals surface area contributed by atoms with E-state index in [2.05, 4.69) is 15.4 Å². The summed E-state index contributed by atoms with van der Waals surface area (Å²) in [5, 5.41) is 8.92. The largest absolute Gasteiger partial charge is 0.381 e. The Morgan fingerprint density at radius 3 is 2.79 bits per heavy atom. The van der Waals surface area contributed by atoms with Gasteiger partial charge in [-0.15, -0.1) is 0 Å². The number of fused-ring (bicyclic) bond motifs is 1. The molecule has 2 aromatic heterocycles. The molecule has 2 heterocycles. The van der Waals surface area contributed by atoms with E-state index in [0.717, 1.165) is 43.2 Å². The van der Waals surface area contributed by atoms with Crippen LogP contribution in [0.5, 0.6) is 0 Å². The molecule has 1 fully saturated rings. The molecule has 1 aliphatic rings. The second kappa shape index (κ2) is 10.0. The third-order valence-corrected chi connectivity index (χ3v) is 6.77. The van der Waals surface area contributed by atoms with Crippen LogP contribution in [0.2, 0.25) is 5.02 Å². The molecule has 4 rings (SSSR count). The van der Waals surface area contributed by atoms with Crippen molar-refractivity contribution in [1.82, 2.24) is 19.7 Å². The van der Waals surface area contributed by atoms with E-state index in [1.165, 1.54) is 11.1 Å². The minimum absolute atomic E-state index is 0.0736. The van der Waals surface area contributed by atoms with Gasteiger partial charge in [0.05, 0.1) is 16.5 Å². The van der Waals surface area contributed by atoms with Crippen LogP contribution in [0.15, 0.2) is 34.1 Å². The Labute approximate surface area is 203 Å². The number of nitrogen functional groups attached to an aromatic ring is 1. The van der Waals surface area contributed by atoms with Crippen molar-refractivity contribution in [3.8, 4) is 0 Å². The first-order chi connectivity index (χ1) is 16.3. The summed E-state index contributed by atoms with van der Waals surface area (Å²) in [5.74, 6) is 0.139. The van der Waals surface area contributed by atoms with E-state index in [4.69, 9.17) is 17.3 Å². The number of hydrogen-bond donors (Lipinski definition) is 2. The number of pyridine rings is 1. The Morgan fingerprint density at radius 2 is 2.09 bits per heavy atom. The van der Waals surface area contributed by atoms with Crippen LogP contribution in [0.1, 0.15) is 80.5 Å². The van der Waals surface area contributed by atoms with Gasteiger partial charge in [0.2, 0.25) is 0 Å². The molecule has 0 aliphatic heterocycles. The van der Waals surface area contributed by atoms with Gasteiger partial charge in [-0.1, -0.05) is 49.9 Å². The Morgan fingerprint density at radius 1 is 1.35 bits per heavy atom. The molecule has 9 heteroatoms. The minimum Gasteiger partial charge on any atom is -0.381 e. The number of anilines is 1. The second-order valence-corrected chi connectivity index (χ2v) is 9.27. The first-order valence-electron chi connectivity index (χ1n) is 11.8. The van der Waals surface area contributed by atoms with Gasteiger partial charge in [-0.05, 0) is 43.7 Å². The molecular weight excluding hydrogens is 452 g/mol. The van der Waals surface area contributed by atoms with Crippen LogP contribution in [-0.4, -0.2) is 26.5 Å². The predicted octanol–water partition coefficient (Wildman–Crippen LogP) is 5.08. The van der Waals surface area contributed by atoms with Gasteiger partial charge < -0.3 is 15.6 Å². The lowest BCUT2D eigenvalue weighted by Crippen LogP contribution is -2.35. The minimum atomic E-state index is -0.451. The van der Waals surface area contributed by atoms with Gasteiger partial charge in [-0.3, -0.25) is 9.59 Å². The number of nitrogens with zero attached hydrogens (tertiary/aromatic N) is 4. The van der Waals surface area contributed by atoms with Crippen molar-refractivity contribution in [3.63, 3.8) is 0 Å². The zero-order valence-corrected chi connectivity index (χ0v) is 20.6. The van der Waals surface area contributed by atoms with Crippen LogP contribution < -0.4 is 16.6 Å². The number of aliphatic imine (C=N–C) groups is 1. The van der Waals surface area contributed by atoms with Crippen molar-refractivity contribution in [1.29, 1.82) is 0 Å². The third-order valence-electron chi connectivity index (χ3n) is 6.46. The standard InChI is InChI=1S/C25H31ClN6O2/c1-4-13-28-23-21(22(27)30-31(23)3)24(33)29-15(2)19-14-16-9-8-12-18(26)20(16)25(34)32(19)17-10-6-5-7-11-17/h8-9,12-15,17H,4-7,10-11H2,1-3H3,(H2,27,30)(H,29,33)/b28-13-/t15-/m0/s1. The highest BCUT2D eigenvalue weighted by Gasteiger charge is 2.27. The first-order valence-corrected chi connectivity index (χ1v) is 12.2. The Hall–Kier alpha value is -3.13. The molecule has 0 bridgehead atoms. The molecule has 3 N–H and O–H groups in total. The van der Waals surface area contributed by atoms with E-state index < -0.39 is 6.04 Å². The number of halogens is 1. The summed E-state index contributed by atoms with van der Waals surface area (Å²) in [5.41, 5.74) is 6.93. The zero-order valence-electron chi connectivity index (χ0n) is 19.8. The van der Waals surface area contributed by atoms with Crippen molar-refractivity contribution in [2.24, 2.45) is 12.0 Å². The van der Waals surface area contributed by atoms with Crippen molar-refractivity contribution in [3.05, 3.63) is 50.9 Å². The predicted molar refractivity (Wildman–Crippen MR) is 137 cm³/mol. The van der Waals surface area contributed by atoms with Crippen LogP contribution in [0.25, 0.3) is 10.8 Å². The quantitative estimate of drug-likeness (QED) is 0.477. The first kappa shape index (κ1) is 24.0. The number of nitrogens with two attached hydrogens (primary N) is 1. The fourth-order valence-electron chi connectivity index (χ4n) is 4.82. The van der Waals surface area contributed by atoms with E-state index in [1.807, 2.05) is 36.6 Å². The number of hydrogen-bond acceptors (Lipinski definition) is 5. The zero-order chi connectivity index (χ0) is 24.4. The van der Waals surface area contributed by atoms with Gasteiger partial charge in [0, 0.05) is 25.0 Å². The number of rotatable bonds is 6. The second-order valence-electron chi connectivity index (χ2n) is 8.86. The maximum absolute atomic E-state index is 13.7. The van der Waals surface area contributed by atoms with E-state index in [1.54, 1.807) is 19.3 Å². The van der Waals surface area contributed by atoms with E-state index in [-0.39, 0.29) is 28.9 Å². The molecule has 1 saturated carbocycles. The van der Waals surface area contributed by atoms with Gasteiger partial charge in [0.1, 0.15) is 5.56 Å². The average Bonchev–Trinajstić information content (AvgIpc) is 3.10. The number of aromatic nitrogens is 3. The fraction of sp³-hybridized carbons (Fsp3) is 0.440. The summed E-state index contributed by atoms with van der Waals surface area (Å²) in [6, 6.07) is 7.03. The number of benzene rings is 1. The van der Waals surface area contributed by atoms with Crippen LogP contribution >= 0.6 is 11.6 Å². The van der Waals surface area contributed by atoms with Crippen LogP contribution in [0.4, 0.5) is 11.6 Å². The molecule has 180 valence electrons. The molecule has 1 amide bonds. The van der Waals surface area contributed by atoms with E-state index in [9.17, 15) is 9.59 Å². The lowest BCUT2D eigenvalue weighted by Gasteiger charge is -2.29. The lowest BCUT2D eigenvalue weighted by atomic mass is 9.94.